The van der Waals surface area contributed by atoms with Crippen LogP contribution in [-0.4, -0.2) is 22.1 Å². The Kier molecular flexibility index (Phi) is 5.07. The van der Waals surface area contributed by atoms with Crippen molar-refractivity contribution in [2.24, 2.45) is 5.73 Å². The van der Waals surface area contributed by atoms with Gasteiger partial charge < -0.3 is 16.6 Å². The zero-order valence-corrected chi connectivity index (χ0v) is 12.3. The molecular weight excluding hydrogens is 292 g/mol. The standard InChI is InChI=1S/C17H16N4O2/c18-10-12(8-11-4-6-13(19)7-5-11)16-3-1-2-14(21-16)9-15(20)17(22)23/h1-8,15H,9,19-20H2,(H,22,23)/b12-8+/t15-/m0/s1. The van der Waals surface area contributed by atoms with Crippen LogP contribution in [0.2, 0.25) is 0 Å². The average molecular weight is 308 g/mol. The van der Waals surface area contributed by atoms with Crippen LogP contribution in [0.4, 0.5) is 5.69 Å². The molecule has 0 aliphatic carbocycles. The minimum atomic E-state index is -1.09. The number of carbonyl (C=O) groups is 1. The van der Waals surface area contributed by atoms with Gasteiger partial charge >= 0.3 is 5.97 Å². The van der Waals surface area contributed by atoms with Crippen molar-refractivity contribution >= 4 is 23.3 Å². The largest absolute Gasteiger partial charge is 0.480 e. The lowest BCUT2D eigenvalue weighted by molar-refractivity contribution is -0.138. The molecule has 2 rings (SSSR count). The first kappa shape index (κ1) is 16.2. The Hall–Kier alpha value is -3.17. The van der Waals surface area contributed by atoms with Gasteiger partial charge in [-0.15, -0.1) is 0 Å². The van der Waals surface area contributed by atoms with Gasteiger partial charge in [0.2, 0.25) is 0 Å². The Morgan fingerprint density at radius 1 is 1.30 bits per heavy atom. The summed E-state index contributed by atoms with van der Waals surface area (Å²) in [6, 6.07) is 13.3. The van der Waals surface area contributed by atoms with Gasteiger partial charge in [-0.05, 0) is 35.9 Å². The van der Waals surface area contributed by atoms with Crippen LogP contribution < -0.4 is 11.5 Å². The second-order valence-corrected chi connectivity index (χ2v) is 5.00. The van der Waals surface area contributed by atoms with E-state index in [4.69, 9.17) is 16.6 Å². The maximum atomic E-state index is 10.8. The average Bonchev–Trinajstić information content (AvgIpc) is 2.54. The fraction of sp³-hybridized carbons (Fsp3) is 0.118. The molecule has 6 heteroatoms. The van der Waals surface area contributed by atoms with Gasteiger partial charge in [0.1, 0.15) is 12.1 Å². The van der Waals surface area contributed by atoms with Gasteiger partial charge in [-0.25, -0.2) is 0 Å². The number of hydrogen-bond donors (Lipinski definition) is 3. The highest BCUT2D eigenvalue weighted by Gasteiger charge is 2.13. The Balaban J connectivity index is 2.30. The molecule has 23 heavy (non-hydrogen) atoms. The van der Waals surface area contributed by atoms with Crippen molar-refractivity contribution in [3.63, 3.8) is 0 Å². The SMILES string of the molecule is N#C/C(=C\c1ccc(N)cc1)c1cccc(C[C@H](N)C(=O)O)n1. The third-order valence-electron chi connectivity index (χ3n) is 3.20. The molecule has 0 aliphatic rings. The molecule has 0 radical (unpaired) electrons. The van der Waals surface area contributed by atoms with Gasteiger partial charge in [0.05, 0.1) is 11.3 Å². The highest BCUT2D eigenvalue weighted by Crippen LogP contribution is 2.17. The number of nitrogens with two attached hydrogens (primary N) is 2. The summed E-state index contributed by atoms with van der Waals surface area (Å²) in [6.45, 7) is 0. The van der Waals surface area contributed by atoms with Gasteiger partial charge in [0.25, 0.3) is 0 Å². The number of carboxylic acid groups (broad SMARTS) is 1. The summed E-state index contributed by atoms with van der Waals surface area (Å²) < 4.78 is 0. The first-order chi connectivity index (χ1) is 11.0. The predicted molar refractivity (Wildman–Crippen MR) is 87.9 cm³/mol. The second-order valence-electron chi connectivity index (χ2n) is 5.00. The number of carboxylic acids is 1. The molecule has 0 saturated carbocycles. The molecule has 0 unspecified atom stereocenters. The van der Waals surface area contributed by atoms with E-state index in [1.807, 2.05) is 0 Å². The third kappa shape index (κ3) is 4.40. The van der Waals surface area contributed by atoms with Crippen LogP contribution in [0.1, 0.15) is 17.0 Å². The topological polar surface area (TPSA) is 126 Å². The molecule has 0 saturated heterocycles. The molecule has 0 spiro atoms. The fourth-order valence-corrected chi connectivity index (χ4v) is 1.98. The monoisotopic (exact) mass is 308 g/mol. The molecule has 1 heterocycles. The molecule has 1 aromatic carbocycles. The molecule has 6 nitrogen and oxygen atoms in total. The highest BCUT2D eigenvalue weighted by molar-refractivity contribution is 5.88. The minimum absolute atomic E-state index is 0.101. The first-order valence-electron chi connectivity index (χ1n) is 6.91. The number of anilines is 1. The minimum Gasteiger partial charge on any atom is -0.480 e. The number of allylic oxidation sites excluding steroid dienone is 1. The molecule has 1 aromatic heterocycles. The zero-order valence-electron chi connectivity index (χ0n) is 12.3. The smallest absolute Gasteiger partial charge is 0.320 e. The summed E-state index contributed by atoms with van der Waals surface area (Å²) in [5, 5.41) is 18.2. The van der Waals surface area contributed by atoms with Crippen molar-refractivity contribution < 1.29 is 9.90 Å². The van der Waals surface area contributed by atoms with Crippen molar-refractivity contribution in [1.29, 1.82) is 5.26 Å². The van der Waals surface area contributed by atoms with Crippen LogP contribution in [0.3, 0.4) is 0 Å². The number of nitrogens with zero attached hydrogens (tertiary/aromatic N) is 2. The van der Waals surface area contributed by atoms with E-state index in [0.717, 1.165) is 5.56 Å². The Morgan fingerprint density at radius 2 is 2.00 bits per heavy atom. The van der Waals surface area contributed by atoms with Crippen LogP contribution in [0.25, 0.3) is 11.6 Å². The molecule has 0 fully saturated rings. The van der Waals surface area contributed by atoms with Gasteiger partial charge in [-0.3, -0.25) is 9.78 Å². The molecule has 0 aliphatic heterocycles. The van der Waals surface area contributed by atoms with Crippen LogP contribution in [0.15, 0.2) is 42.5 Å². The van der Waals surface area contributed by atoms with Crippen LogP contribution in [0, 0.1) is 11.3 Å². The van der Waals surface area contributed by atoms with E-state index in [1.165, 1.54) is 0 Å². The van der Waals surface area contributed by atoms with Crippen molar-refractivity contribution in [3.8, 4) is 6.07 Å². The van der Waals surface area contributed by atoms with E-state index >= 15 is 0 Å². The van der Waals surface area contributed by atoms with Gasteiger partial charge in [0, 0.05) is 17.8 Å². The van der Waals surface area contributed by atoms with Crippen LogP contribution in [0.5, 0.6) is 0 Å². The Labute approximate surface area is 133 Å². The van der Waals surface area contributed by atoms with E-state index in [-0.39, 0.29) is 6.42 Å². The summed E-state index contributed by atoms with van der Waals surface area (Å²) in [5.74, 6) is -1.09. The predicted octanol–water partition coefficient (Wildman–Crippen LogP) is 1.68. The zero-order chi connectivity index (χ0) is 16.8. The van der Waals surface area contributed by atoms with E-state index in [2.05, 4.69) is 11.1 Å². The van der Waals surface area contributed by atoms with E-state index < -0.39 is 12.0 Å². The second kappa shape index (κ2) is 7.20. The molecular formula is C17H16N4O2. The molecule has 1 atom stereocenters. The number of aliphatic carboxylic acids is 1. The lowest BCUT2D eigenvalue weighted by Gasteiger charge is -2.07. The van der Waals surface area contributed by atoms with Crippen molar-refractivity contribution in [3.05, 3.63) is 59.4 Å². The Bertz CT molecular complexity index is 776. The molecule has 116 valence electrons. The maximum absolute atomic E-state index is 10.8. The molecule has 2 aromatic rings. The number of pyridine rings is 1. The number of nitrogen functional groups attached to an aromatic ring is 1. The van der Waals surface area contributed by atoms with E-state index in [9.17, 15) is 10.1 Å². The van der Waals surface area contributed by atoms with Crippen molar-refractivity contribution in [1.82, 2.24) is 4.98 Å². The quantitative estimate of drug-likeness (QED) is 0.570. The number of nitriles is 1. The Morgan fingerprint density at radius 3 is 2.61 bits per heavy atom. The normalized spacial score (nSPS) is 12.4. The number of hydrogen-bond acceptors (Lipinski definition) is 5. The molecule has 0 amide bonds. The van der Waals surface area contributed by atoms with Crippen molar-refractivity contribution in [2.45, 2.75) is 12.5 Å². The highest BCUT2D eigenvalue weighted by atomic mass is 16.4. The van der Waals surface area contributed by atoms with E-state index in [0.29, 0.717) is 22.6 Å². The van der Waals surface area contributed by atoms with Crippen molar-refractivity contribution in [2.75, 3.05) is 5.73 Å². The number of rotatable bonds is 5. The van der Waals surface area contributed by atoms with Crippen LogP contribution >= 0.6 is 0 Å². The molecule has 0 bridgehead atoms. The van der Waals surface area contributed by atoms with E-state index in [1.54, 1.807) is 48.5 Å². The van der Waals surface area contributed by atoms with Gasteiger partial charge in [-0.2, -0.15) is 5.26 Å². The summed E-state index contributed by atoms with van der Waals surface area (Å²) in [7, 11) is 0. The summed E-state index contributed by atoms with van der Waals surface area (Å²) in [5.41, 5.74) is 14.0. The maximum Gasteiger partial charge on any atom is 0.320 e. The fourth-order valence-electron chi connectivity index (χ4n) is 1.98. The first-order valence-corrected chi connectivity index (χ1v) is 6.91. The molecule has 5 N–H and O–H groups in total. The third-order valence-corrected chi connectivity index (χ3v) is 3.20. The number of aromatic nitrogens is 1. The summed E-state index contributed by atoms with van der Waals surface area (Å²) in [4.78, 5) is 15.1. The lowest BCUT2D eigenvalue weighted by atomic mass is 10.1. The van der Waals surface area contributed by atoms with Gasteiger partial charge in [0.15, 0.2) is 0 Å². The summed E-state index contributed by atoms with van der Waals surface area (Å²) in [6.07, 6.45) is 1.80. The number of benzene rings is 1. The van der Waals surface area contributed by atoms with Crippen LogP contribution in [-0.2, 0) is 11.2 Å². The summed E-state index contributed by atoms with van der Waals surface area (Å²) >= 11 is 0. The van der Waals surface area contributed by atoms with Gasteiger partial charge in [-0.1, -0.05) is 18.2 Å². The lowest BCUT2D eigenvalue weighted by Crippen LogP contribution is -2.32.